The van der Waals surface area contributed by atoms with Gasteiger partial charge in [-0.05, 0) is 103 Å². The topological polar surface area (TPSA) is 120 Å². The fourth-order valence-electron chi connectivity index (χ4n) is 7.39. The van der Waals surface area contributed by atoms with Crippen molar-refractivity contribution in [3.05, 3.63) is 186 Å². The van der Waals surface area contributed by atoms with Crippen LogP contribution in [0, 0.1) is 19.7 Å². The van der Waals surface area contributed by atoms with E-state index >= 15 is 0 Å². The second-order valence-electron chi connectivity index (χ2n) is 14.0. The van der Waals surface area contributed by atoms with Gasteiger partial charge in [-0.2, -0.15) is 28.5 Å². The molecule has 3 aromatic carbocycles. The number of aryl methyl sites for hydroxylation is 2. The Labute approximate surface area is 344 Å². The Hall–Kier alpha value is -7.28. The Bertz CT molecular complexity index is 2620. The summed E-state index contributed by atoms with van der Waals surface area (Å²) in [7, 11) is 0. The number of hydrogen-bond donors (Lipinski definition) is 3. The van der Waals surface area contributed by atoms with Crippen LogP contribution in [0.3, 0.4) is 0 Å². The molecular weight excluding hydrogens is 767 g/mol. The molecule has 1 unspecified atom stereocenters. The molecule has 9 nitrogen and oxygen atoms in total. The van der Waals surface area contributed by atoms with E-state index < -0.39 is 11.7 Å². The molecule has 3 N–H and O–H groups in total. The van der Waals surface area contributed by atoms with E-state index in [4.69, 9.17) is 0 Å². The average Bonchev–Trinajstić information content (AvgIpc) is 4.02. The van der Waals surface area contributed by atoms with Crippen LogP contribution >= 0.6 is 0 Å². The van der Waals surface area contributed by atoms with Crippen molar-refractivity contribution in [3.8, 4) is 44.8 Å². The van der Waals surface area contributed by atoms with Gasteiger partial charge in [0.15, 0.2) is 0 Å². The van der Waals surface area contributed by atoms with E-state index in [0.717, 1.165) is 70.0 Å². The third kappa shape index (κ3) is 8.75. The maximum Gasteiger partial charge on any atom is 0.416 e. The quantitative estimate of drug-likeness (QED) is 0.138. The molecule has 0 amide bonds. The highest BCUT2D eigenvalue weighted by Gasteiger charge is 2.42. The molecule has 302 valence electrons. The van der Waals surface area contributed by atoms with Crippen molar-refractivity contribution in [2.24, 2.45) is 5.10 Å². The number of pyridine rings is 3. The molecule has 5 aromatic heterocycles. The maximum atomic E-state index is 13.3. The zero-order chi connectivity index (χ0) is 42.1. The summed E-state index contributed by atoms with van der Waals surface area (Å²) in [6.07, 6.45) is 7.00. The minimum absolute atomic E-state index is 0.154. The normalized spacial score (nSPS) is 14.6. The van der Waals surface area contributed by atoms with E-state index in [0.29, 0.717) is 11.3 Å². The molecule has 0 saturated heterocycles. The van der Waals surface area contributed by atoms with Crippen LogP contribution in [0.4, 0.5) is 17.6 Å². The van der Waals surface area contributed by atoms with Gasteiger partial charge in [0.1, 0.15) is 17.2 Å². The van der Waals surface area contributed by atoms with Gasteiger partial charge in [-0.1, -0.05) is 61.5 Å². The number of benzene rings is 3. The van der Waals surface area contributed by atoms with Crippen LogP contribution in [0.1, 0.15) is 41.4 Å². The van der Waals surface area contributed by atoms with Gasteiger partial charge in [0.2, 0.25) is 0 Å². The Kier molecular flexibility index (Phi) is 12.3. The number of aromatic amines is 2. The molecule has 60 heavy (non-hydrogen) atoms. The highest BCUT2D eigenvalue weighted by molar-refractivity contribution is 5.99. The summed E-state index contributed by atoms with van der Waals surface area (Å²) in [5.41, 5.74) is 13.9. The first-order valence-corrected chi connectivity index (χ1v) is 19.2. The van der Waals surface area contributed by atoms with Gasteiger partial charge in [0.25, 0.3) is 0 Å². The van der Waals surface area contributed by atoms with Crippen LogP contribution < -0.4 is 5.43 Å². The van der Waals surface area contributed by atoms with Gasteiger partial charge in [-0.3, -0.25) is 25.1 Å². The summed E-state index contributed by atoms with van der Waals surface area (Å²) in [6.45, 7) is 6.75. The lowest BCUT2D eigenvalue weighted by atomic mass is 9.71. The van der Waals surface area contributed by atoms with E-state index in [-0.39, 0.29) is 11.2 Å². The van der Waals surface area contributed by atoms with Gasteiger partial charge >= 0.3 is 6.18 Å². The highest BCUT2D eigenvalue weighted by Crippen LogP contribution is 2.38. The summed E-state index contributed by atoms with van der Waals surface area (Å²) in [5.74, 6) is -0.265. The smallest absolute Gasteiger partial charge is 0.308 e. The van der Waals surface area contributed by atoms with Crippen molar-refractivity contribution >= 4 is 5.71 Å². The fraction of sp³-hybridized carbons (Fsp3) is 0.149. The number of hydrogen-bond acceptors (Lipinski definition) is 7. The lowest BCUT2D eigenvalue weighted by molar-refractivity contribution is -0.137. The van der Waals surface area contributed by atoms with Gasteiger partial charge < -0.3 is 5.43 Å². The van der Waals surface area contributed by atoms with Crippen molar-refractivity contribution in [1.82, 2.24) is 40.8 Å². The summed E-state index contributed by atoms with van der Waals surface area (Å²) >= 11 is 0. The van der Waals surface area contributed by atoms with Crippen molar-refractivity contribution in [2.75, 3.05) is 6.54 Å². The lowest BCUT2D eigenvalue weighted by Crippen LogP contribution is -2.38. The number of rotatable bonds is 7. The SMILES string of the molecule is CCC1=NNCC1(c1ccccc1)c1ccncc1.Cc1[nH]nc(-c2cccc(C(F)(F)F)c2)c1-c1ccncc1.Cc1[nH]nc(-c2cccc(F)c2)c1-c1ccncc1. The van der Waals surface area contributed by atoms with Crippen LogP contribution in [-0.4, -0.2) is 47.6 Å². The molecule has 6 heterocycles. The van der Waals surface area contributed by atoms with Crippen LogP contribution in [0.5, 0.6) is 0 Å². The Morgan fingerprint density at radius 1 is 0.583 bits per heavy atom. The zero-order valence-corrected chi connectivity index (χ0v) is 33.0. The predicted octanol–water partition coefficient (Wildman–Crippen LogP) is 10.8. The van der Waals surface area contributed by atoms with Crippen LogP contribution in [0.15, 0.2) is 158 Å². The van der Waals surface area contributed by atoms with E-state index in [1.165, 1.54) is 35.0 Å². The number of aromatic nitrogens is 7. The number of hydrazone groups is 1. The Balaban J connectivity index is 0.000000137. The minimum Gasteiger partial charge on any atom is -0.308 e. The molecule has 1 aliphatic rings. The van der Waals surface area contributed by atoms with Crippen LogP contribution in [0.25, 0.3) is 44.8 Å². The second kappa shape index (κ2) is 18.1. The molecule has 9 rings (SSSR count). The van der Waals surface area contributed by atoms with Crippen molar-refractivity contribution in [3.63, 3.8) is 0 Å². The second-order valence-corrected chi connectivity index (χ2v) is 14.0. The van der Waals surface area contributed by atoms with E-state index in [2.05, 4.69) is 95.3 Å². The number of alkyl halides is 3. The third-order valence-corrected chi connectivity index (χ3v) is 10.2. The summed E-state index contributed by atoms with van der Waals surface area (Å²) < 4.78 is 52.0. The number of H-pyrrole nitrogens is 2. The highest BCUT2D eigenvalue weighted by atomic mass is 19.4. The molecule has 0 fully saturated rings. The molecule has 0 radical (unpaired) electrons. The Morgan fingerprint density at radius 3 is 1.60 bits per heavy atom. The Morgan fingerprint density at radius 2 is 1.08 bits per heavy atom. The van der Waals surface area contributed by atoms with Crippen molar-refractivity contribution in [2.45, 2.75) is 38.8 Å². The zero-order valence-electron chi connectivity index (χ0n) is 33.0. The predicted molar refractivity (Wildman–Crippen MR) is 226 cm³/mol. The first-order valence-electron chi connectivity index (χ1n) is 19.2. The molecule has 0 spiro atoms. The first-order chi connectivity index (χ1) is 29.1. The van der Waals surface area contributed by atoms with Crippen molar-refractivity contribution in [1.29, 1.82) is 0 Å². The van der Waals surface area contributed by atoms with Gasteiger partial charge in [0.05, 0.1) is 23.2 Å². The molecule has 0 aliphatic carbocycles. The summed E-state index contributed by atoms with van der Waals surface area (Å²) in [4.78, 5) is 12.1. The van der Waals surface area contributed by atoms with Gasteiger partial charge in [0, 0.05) is 70.8 Å². The van der Waals surface area contributed by atoms with Gasteiger partial charge in [-0.15, -0.1) is 0 Å². The molecular formula is C47H41F4N9. The van der Waals surface area contributed by atoms with E-state index in [9.17, 15) is 17.6 Å². The maximum absolute atomic E-state index is 13.3. The third-order valence-electron chi connectivity index (χ3n) is 10.2. The van der Waals surface area contributed by atoms with Gasteiger partial charge in [-0.25, -0.2) is 4.39 Å². The standard InChI is InChI=1S/C16H12F3N3.C16H17N3.C15H12FN3/c1-10-14(11-5-7-20-8-6-11)15(22-21-10)12-3-2-4-13(9-12)16(17,18)19;1-2-15-16(12-18-19-15,13-6-4-3-5-7-13)14-8-10-17-11-9-14;1-10-14(11-5-7-17-8-6-11)15(19-18-10)12-3-2-4-13(16)9-12/h2-9H,1H3,(H,21,22);3-11,18H,2,12H2,1H3;2-9H,1H3,(H,18,19). The molecule has 0 bridgehead atoms. The number of nitrogens with one attached hydrogen (secondary N) is 3. The lowest BCUT2D eigenvalue weighted by Gasteiger charge is -2.30. The van der Waals surface area contributed by atoms with Crippen LogP contribution in [0.2, 0.25) is 0 Å². The average molecular weight is 808 g/mol. The van der Waals surface area contributed by atoms with Crippen LogP contribution in [-0.2, 0) is 11.6 Å². The largest absolute Gasteiger partial charge is 0.416 e. The molecule has 1 aliphatic heterocycles. The minimum atomic E-state index is -4.38. The number of halogens is 4. The van der Waals surface area contributed by atoms with E-state index in [1.54, 1.807) is 49.1 Å². The van der Waals surface area contributed by atoms with E-state index in [1.807, 2.05) is 44.4 Å². The molecule has 1 atom stereocenters. The molecule has 0 saturated carbocycles. The fourth-order valence-corrected chi connectivity index (χ4v) is 7.39. The van der Waals surface area contributed by atoms with Crippen molar-refractivity contribution < 1.29 is 17.6 Å². The molecule has 8 aromatic rings. The molecule has 13 heteroatoms. The number of nitrogens with zero attached hydrogens (tertiary/aromatic N) is 6. The summed E-state index contributed by atoms with van der Waals surface area (Å²) in [6, 6.07) is 33.8. The first kappa shape index (κ1) is 40.9. The summed E-state index contributed by atoms with van der Waals surface area (Å²) in [5, 5.41) is 18.8. The monoisotopic (exact) mass is 807 g/mol.